The van der Waals surface area contributed by atoms with Gasteiger partial charge in [-0.1, -0.05) is 152 Å². The Labute approximate surface area is 352 Å². The van der Waals surface area contributed by atoms with Gasteiger partial charge in [0.25, 0.3) is 0 Å². The maximum Gasteiger partial charge on any atom is 0.472 e. The van der Waals surface area contributed by atoms with Crippen LogP contribution in [0.5, 0.6) is 0 Å². The van der Waals surface area contributed by atoms with E-state index in [2.05, 4.69) is 67.8 Å². The molecule has 12 heteroatoms. The Hall–Kier alpha value is -2.56. The summed E-state index contributed by atoms with van der Waals surface area (Å²) in [4.78, 5) is 45.9. The number of carbonyl (C=O) groups is 3. The van der Waals surface area contributed by atoms with Crippen LogP contribution in [0, 0.1) is 0 Å². The minimum Gasteiger partial charge on any atom is -0.480 e. The van der Waals surface area contributed by atoms with Crippen molar-refractivity contribution in [1.29, 1.82) is 0 Å². The highest BCUT2D eigenvalue weighted by Gasteiger charge is 2.28. The predicted octanol–water partition coefficient (Wildman–Crippen LogP) is 11.8. The van der Waals surface area contributed by atoms with Crippen LogP contribution in [0.25, 0.3) is 0 Å². The Morgan fingerprint density at radius 2 is 0.948 bits per heavy atom. The molecule has 1 amide bonds. The second-order valence-electron chi connectivity index (χ2n) is 15.2. The van der Waals surface area contributed by atoms with Gasteiger partial charge in [-0.25, -0.2) is 9.36 Å². The predicted molar refractivity (Wildman–Crippen MR) is 235 cm³/mol. The number of hydrogen-bond acceptors (Lipinski definition) is 8. The fraction of sp³-hybridized carbons (Fsp3) is 0.761. The van der Waals surface area contributed by atoms with Crippen molar-refractivity contribution in [1.82, 2.24) is 5.32 Å². The largest absolute Gasteiger partial charge is 0.480 e. The Morgan fingerprint density at radius 1 is 0.552 bits per heavy atom. The Bertz CT molecular complexity index is 1170. The van der Waals surface area contributed by atoms with Crippen molar-refractivity contribution >= 4 is 25.7 Å². The molecule has 0 aliphatic heterocycles. The first-order chi connectivity index (χ1) is 28.1. The van der Waals surface area contributed by atoms with Crippen LogP contribution >= 0.6 is 7.82 Å². The molecule has 3 unspecified atom stereocenters. The standard InChI is InChI=1S/C46H82NO10P/c1-3-5-7-9-11-13-15-17-19-20-21-22-24-25-27-29-31-33-35-37-44(49)47-43(46(51)52)41-57-58(53,54)56-40-42(48)39-55-45(50)38-36-34-32-30-28-26-23-18-16-14-12-10-8-6-4-2/h11,13,17-19,21-23,42-43,48H,3-10,12,14-16,20,24-41H2,1-2H3,(H,47,49)(H,51,52)(H,53,54)/b13-11-,19-17-,22-21-,23-18-. The van der Waals surface area contributed by atoms with Crippen LogP contribution < -0.4 is 5.32 Å². The third kappa shape index (κ3) is 40.2. The summed E-state index contributed by atoms with van der Waals surface area (Å²) in [5, 5.41) is 21.8. The van der Waals surface area contributed by atoms with Crippen LogP contribution in [0.15, 0.2) is 48.6 Å². The number of amides is 1. The molecule has 0 bridgehead atoms. The number of carbonyl (C=O) groups excluding carboxylic acids is 2. The van der Waals surface area contributed by atoms with Gasteiger partial charge in [-0.05, 0) is 77.0 Å². The van der Waals surface area contributed by atoms with Crippen LogP contribution in [-0.2, 0) is 32.7 Å². The van der Waals surface area contributed by atoms with Crippen LogP contribution in [0.4, 0.5) is 0 Å². The fourth-order valence-electron chi connectivity index (χ4n) is 6.02. The number of carboxylic acids is 1. The van der Waals surface area contributed by atoms with E-state index in [9.17, 15) is 34.1 Å². The van der Waals surface area contributed by atoms with Crippen molar-refractivity contribution < 1.29 is 47.8 Å². The number of allylic oxidation sites excluding steroid dienone is 8. The zero-order valence-corrected chi connectivity index (χ0v) is 37.2. The minimum absolute atomic E-state index is 0.129. The number of aliphatic hydroxyl groups excluding tert-OH is 1. The molecule has 0 saturated carbocycles. The number of aliphatic hydroxyl groups is 1. The maximum absolute atomic E-state index is 12.3. The fourth-order valence-corrected chi connectivity index (χ4v) is 6.79. The molecule has 11 nitrogen and oxygen atoms in total. The molecule has 0 radical (unpaired) electrons. The Balaban J connectivity index is 3.93. The summed E-state index contributed by atoms with van der Waals surface area (Å²) >= 11 is 0. The van der Waals surface area contributed by atoms with E-state index in [0.29, 0.717) is 12.8 Å². The lowest BCUT2D eigenvalue weighted by atomic mass is 10.1. The van der Waals surface area contributed by atoms with Gasteiger partial charge in [0.2, 0.25) is 5.91 Å². The highest BCUT2D eigenvalue weighted by molar-refractivity contribution is 7.47. The summed E-state index contributed by atoms with van der Waals surface area (Å²) in [6.07, 6.45) is 45.5. The molecule has 4 N–H and O–H groups in total. The number of carboxylic acid groups (broad SMARTS) is 1. The second kappa shape index (κ2) is 41.2. The SMILES string of the molecule is CCCCC/C=C\C/C=C\C/C=C\CCCCCCCCC(=O)NC(COP(=O)(O)OCC(O)COC(=O)CCCCCCC/C=C\CCCCCCCC)C(=O)O. The van der Waals surface area contributed by atoms with Crippen molar-refractivity contribution in [2.45, 2.75) is 206 Å². The lowest BCUT2D eigenvalue weighted by Crippen LogP contribution is -2.43. The zero-order valence-electron chi connectivity index (χ0n) is 36.3. The van der Waals surface area contributed by atoms with Gasteiger partial charge in [0, 0.05) is 12.8 Å². The first-order valence-corrected chi connectivity index (χ1v) is 24.2. The van der Waals surface area contributed by atoms with E-state index in [4.69, 9.17) is 13.8 Å². The minimum atomic E-state index is -4.76. The number of unbranched alkanes of at least 4 members (excludes halogenated alkanes) is 20. The van der Waals surface area contributed by atoms with Gasteiger partial charge >= 0.3 is 19.8 Å². The number of nitrogens with one attached hydrogen (secondary N) is 1. The molecular weight excluding hydrogens is 757 g/mol. The topological polar surface area (TPSA) is 169 Å². The number of rotatable bonds is 42. The first kappa shape index (κ1) is 55.4. The second-order valence-corrected chi connectivity index (χ2v) is 16.7. The van der Waals surface area contributed by atoms with Gasteiger partial charge in [-0.3, -0.25) is 18.6 Å². The molecule has 0 heterocycles. The normalized spacial score (nSPS) is 14.1. The molecule has 0 aromatic carbocycles. The van der Waals surface area contributed by atoms with E-state index in [1.54, 1.807) is 0 Å². The molecule has 336 valence electrons. The highest BCUT2D eigenvalue weighted by Crippen LogP contribution is 2.43. The summed E-state index contributed by atoms with van der Waals surface area (Å²) in [6, 6.07) is -1.56. The average molecular weight is 840 g/mol. The molecule has 0 rings (SSSR count). The third-order valence-electron chi connectivity index (χ3n) is 9.59. The van der Waals surface area contributed by atoms with Crippen molar-refractivity contribution in [2.75, 3.05) is 19.8 Å². The summed E-state index contributed by atoms with van der Waals surface area (Å²) in [7, 11) is -4.76. The number of phosphoric ester groups is 1. The number of phosphoric acid groups is 1. The summed E-state index contributed by atoms with van der Waals surface area (Å²) < 4.78 is 26.8. The van der Waals surface area contributed by atoms with Crippen molar-refractivity contribution in [3.05, 3.63) is 48.6 Å². The molecule has 0 aromatic rings. The Morgan fingerprint density at radius 3 is 1.47 bits per heavy atom. The zero-order chi connectivity index (χ0) is 42.8. The number of aliphatic carboxylic acids is 1. The van der Waals surface area contributed by atoms with Gasteiger partial charge in [0.15, 0.2) is 6.04 Å². The van der Waals surface area contributed by atoms with Crippen LogP contribution in [-0.4, -0.2) is 64.9 Å². The third-order valence-corrected chi connectivity index (χ3v) is 10.5. The van der Waals surface area contributed by atoms with Gasteiger partial charge < -0.3 is 25.2 Å². The molecule has 0 aliphatic rings. The molecule has 0 aliphatic carbocycles. The highest BCUT2D eigenvalue weighted by atomic mass is 31.2. The number of esters is 1. The van der Waals surface area contributed by atoms with E-state index >= 15 is 0 Å². The molecule has 0 saturated heterocycles. The van der Waals surface area contributed by atoms with Crippen molar-refractivity contribution in [3.8, 4) is 0 Å². The van der Waals surface area contributed by atoms with Crippen molar-refractivity contribution in [3.63, 3.8) is 0 Å². The molecular formula is C46H82NO10P. The lowest BCUT2D eigenvalue weighted by Gasteiger charge is -2.18. The maximum atomic E-state index is 12.3. The van der Waals surface area contributed by atoms with E-state index in [-0.39, 0.29) is 12.8 Å². The van der Waals surface area contributed by atoms with Gasteiger partial charge in [-0.15, -0.1) is 0 Å². The van der Waals surface area contributed by atoms with E-state index in [1.807, 2.05) is 0 Å². The lowest BCUT2D eigenvalue weighted by molar-refractivity contribution is -0.147. The van der Waals surface area contributed by atoms with Crippen LogP contribution in [0.3, 0.4) is 0 Å². The van der Waals surface area contributed by atoms with Crippen LogP contribution in [0.2, 0.25) is 0 Å². The quantitative estimate of drug-likeness (QED) is 0.0201. The smallest absolute Gasteiger partial charge is 0.472 e. The number of ether oxygens (including phenoxy) is 1. The van der Waals surface area contributed by atoms with Gasteiger partial charge in [0.1, 0.15) is 12.7 Å². The molecule has 0 aromatic heterocycles. The molecule has 0 spiro atoms. The van der Waals surface area contributed by atoms with E-state index in [1.165, 1.54) is 64.2 Å². The Kier molecular flexibility index (Phi) is 39.4. The summed E-state index contributed by atoms with van der Waals surface area (Å²) in [5.41, 5.74) is 0. The molecule has 3 atom stereocenters. The summed E-state index contributed by atoms with van der Waals surface area (Å²) in [5.74, 6) is -2.40. The first-order valence-electron chi connectivity index (χ1n) is 22.7. The van der Waals surface area contributed by atoms with Crippen molar-refractivity contribution in [2.24, 2.45) is 0 Å². The van der Waals surface area contributed by atoms with Crippen LogP contribution in [0.1, 0.15) is 194 Å². The average Bonchev–Trinajstić information content (AvgIpc) is 3.20. The van der Waals surface area contributed by atoms with Gasteiger partial charge in [-0.2, -0.15) is 0 Å². The summed E-state index contributed by atoms with van der Waals surface area (Å²) in [6.45, 7) is 2.54. The van der Waals surface area contributed by atoms with E-state index in [0.717, 1.165) is 89.9 Å². The molecule has 0 fully saturated rings. The van der Waals surface area contributed by atoms with Gasteiger partial charge in [0.05, 0.1) is 13.2 Å². The molecule has 58 heavy (non-hydrogen) atoms. The van der Waals surface area contributed by atoms with E-state index < -0.39 is 57.6 Å². The number of hydrogen-bond donors (Lipinski definition) is 4. The monoisotopic (exact) mass is 840 g/mol.